The van der Waals surface area contributed by atoms with Gasteiger partial charge in [0.15, 0.2) is 0 Å². The van der Waals surface area contributed by atoms with Crippen LogP contribution >= 0.6 is 0 Å². The van der Waals surface area contributed by atoms with Crippen LogP contribution in [0.15, 0.2) is 30.3 Å². The number of nitrogens with zero attached hydrogens (tertiary/aromatic N) is 1. The van der Waals surface area contributed by atoms with Crippen molar-refractivity contribution in [3.8, 4) is 0 Å². The molecule has 0 aliphatic rings. The van der Waals surface area contributed by atoms with E-state index in [1.54, 1.807) is 5.19 Å². The maximum absolute atomic E-state index is 2.67. The molecule has 0 aliphatic heterocycles. The molecule has 1 rings (SSSR count). The molecule has 3 heteroatoms. The van der Waals surface area contributed by atoms with Crippen LogP contribution in [0.1, 0.15) is 0 Å². The Kier molecular flexibility index (Phi) is 3.69. The third-order valence-electron chi connectivity index (χ3n) is 3.14. The van der Waals surface area contributed by atoms with Crippen LogP contribution in [0.25, 0.3) is 0 Å². The van der Waals surface area contributed by atoms with Gasteiger partial charge < -0.3 is 4.23 Å². The molecule has 0 radical (unpaired) electrons. The highest BCUT2D eigenvalue weighted by Crippen LogP contribution is 2.09. The summed E-state index contributed by atoms with van der Waals surface area (Å²) in [6, 6.07) is 11.0. The molecule has 78 valence electrons. The maximum Gasteiger partial charge on any atom is 0.147 e. The van der Waals surface area contributed by atoms with Crippen LogP contribution in [-0.2, 0) is 0 Å². The lowest BCUT2D eigenvalue weighted by Gasteiger charge is -2.37. The number of benzene rings is 1. The molecule has 0 bridgehead atoms. The summed E-state index contributed by atoms with van der Waals surface area (Å²) in [5.41, 5.74) is 0. The van der Waals surface area contributed by atoms with E-state index >= 15 is 0 Å². The molecular weight excluding hydrogens is 202 g/mol. The summed E-state index contributed by atoms with van der Waals surface area (Å²) in [5, 5.41) is 1.55. The van der Waals surface area contributed by atoms with E-state index in [-0.39, 0.29) is 0 Å². The van der Waals surface area contributed by atoms with Gasteiger partial charge in [0.2, 0.25) is 0 Å². The van der Waals surface area contributed by atoms with Crippen molar-refractivity contribution >= 4 is 22.4 Å². The molecule has 14 heavy (non-hydrogen) atoms. The van der Waals surface area contributed by atoms with Crippen molar-refractivity contribution in [3.05, 3.63) is 30.3 Å². The molecule has 1 nitrogen and oxygen atoms in total. The molecule has 1 aromatic rings. The molecule has 0 heterocycles. The minimum Gasteiger partial charge on any atom is -0.347 e. The van der Waals surface area contributed by atoms with Crippen LogP contribution in [0.4, 0.5) is 0 Å². The first-order valence-electron chi connectivity index (χ1n) is 5.24. The number of hydrogen-bond acceptors (Lipinski definition) is 1. The Morgan fingerprint density at radius 3 is 2.00 bits per heavy atom. The molecular formula is C11H21NSi2. The highest BCUT2D eigenvalue weighted by Gasteiger charge is 2.30. The Morgan fingerprint density at radius 2 is 1.57 bits per heavy atom. The first-order valence-corrected chi connectivity index (χ1v) is 11.0. The van der Waals surface area contributed by atoms with Gasteiger partial charge in [0, 0.05) is 0 Å². The molecule has 0 fully saturated rings. The predicted octanol–water partition coefficient (Wildman–Crippen LogP) is 2.01. The van der Waals surface area contributed by atoms with E-state index in [4.69, 9.17) is 0 Å². The van der Waals surface area contributed by atoms with Gasteiger partial charge in [-0.05, 0) is 12.2 Å². The number of hydrogen-bond donors (Lipinski definition) is 0. The molecule has 0 unspecified atom stereocenters. The van der Waals surface area contributed by atoms with Crippen molar-refractivity contribution in [1.82, 2.24) is 4.23 Å². The molecule has 0 aliphatic carbocycles. The van der Waals surface area contributed by atoms with E-state index in [9.17, 15) is 0 Å². The quantitative estimate of drug-likeness (QED) is 0.709. The monoisotopic (exact) mass is 223 g/mol. The first-order chi connectivity index (χ1) is 6.46. The van der Waals surface area contributed by atoms with Crippen LogP contribution in [0.3, 0.4) is 0 Å². The van der Waals surface area contributed by atoms with Crippen LogP contribution < -0.4 is 5.19 Å². The van der Waals surface area contributed by atoms with Crippen molar-refractivity contribution < 1.29 is 0 Å². The lowest BCUT2D eigenvalue weighted by Crippen LogP contribution is -2.59. The maximum atomic E-state index is 2.67. The topological polar surface area (TPSA) is 3.24 Å². The van der Waals surface area contributed by atoms with Gasteiger partial charge in [-0.3, -0.25) is 0 Å². The minimum absolute atomic E-state index is 0.664. The largest absolute Gasteiger partial charge is 0.347 e. The Morgan fingerprint density at radius 1 is 1.07 bits per heavy atom. The highest BCUT2D eigenvalue weighted by atomic mass is 28.4. The lowest BCUT2D eigenvalue weighted by atomic mass is 10.4. The molecule has 1 aromatic carbocycles. The summed E-state index contributed by atoms with van der Waals surface area (Å²) >= 11 is 0. The molecule has 0 N–H and O–H groups in total. The molecule has 0 aromatic heterocycles. The normalized spacial score (nSPS) is 12.5. The lowest BCUT2D eigenvalue weighted by molar-refractivity contribution is 0.792. The van der Waals surface area contributed by atoms with Crippen molar-refractivity contribution in [2.75, 3.05) is 7.05 Å². The van der Waals surface area contributed by atoms with Crippen molar-refractivity contribution in [1.29, 1.82) is 0 Å². The average Bonchev–Trinajstić information content (AvgIpc) is 2.18. The van der Waals surface area contributed by atoms with E-state index < -0.39 is 17.2 Å². The van der Waals surface area contributed by atoms with Gasteiger partial charge in [-0.25, -0.2) is 0 Å². The fourth-order valence-electron chi connectivity index (χ4n) is 1.70. The zero-order valence-electron chi connectivity index (χ0n) is 9.91. The smallest absolute Gasteiger partial charge is 0.147 e. The van der Waals surface area contributed by atoms with E-state index in [2.05, 4.69) is 67.8 Å². The second-order valence-electron chi connectivity index (χ2n) is 4.63. The van der Waals surface area contributed by atoms with Crippen molar-refractivity contribution in [3.63, 3.8) is 0 Å². The van der Waals surface area contributed by atoms with E-state index in [0.717, 1.165) is 0 Å². The fraction of sp³-hybridized carbons (Fsp3) is 0.455. The van der Waals surface area contributed by atoms with Crippen molar-refractivity contribution in [2.45, 2.75) is 26.2 Å². The molecule has 0 saturated heterocycles. The summed E-state index contributed by atoms with van der Waals surface area (Å²) in [7, 11) is 0.286. The Hall–Kier alpha value is -0.386. The second kappa shape index (κ2) is 4.42. The third kappa shape index (κ3) is 2.35. The first kappa shape index (κ1) is 11.7. The van der Waals surface area contributed by atoms with Crippen LogP contribution in [0.2, 0.25) is 26.2 Å². The van der Waals surface area contributed by atoms with E-state index in [1.165, 1.54) is 0 Å². The molecule has 0 spiro atoms. The van der Waals surface area contributed by atoms with Gasteiger partial charge in [0.05, 0.1) is 8.96 Å². The third-order valence-corrected chi connectivity index (χ3v) is 11.7. The van der Waals surface area contributed by atoms with Gasteiger partial charge in [0.1, 0.15) is 8.24 Å². The van der Waals surface area contributed by atoms with E-state index in [1.807, 2.05) is 0 Å². The number of rotatable bonds is 3. The van der Waals surface area contributed by atoms with Gasteiger partial charge in [0.25, 0.3) is 0 Å². The van der Waals surface area contributed by atoms with Crippen LogP contribution in [0.5, 0.6) is 0 Å². The van der Waals surface area contributed by atoms with Crippen LogP contribution in [-0.4, -0.2) is 28.5 Å². The van der Waals surface area contributed by atoms with Crippen LogP contribution in [0, 0.1) is 0 Å². The zero-order valence-corrected chi connectivity index (χ0v) is 12.1. The standard InChI is InChI=1S/C11H21NSi2/c1-12(13(2)3)14(4,5)11-9-7-6-8-10-11/h6-10,13H,1-5H3. The average molecular weight is 223 g/mol. The predicted molar refractivity (Wildman–Crippen MR) is 70.2 cm³/mol. The highest BCUT2D eigenvalue weighted by molar-refractivity contribution is 6.93. The Balaban J connectivity index is 2.96. The van der Waals surface area contributed by atoms with Gasteiger partial charge >= 0.3 is 0 Å². The van der Waals surface area contributed by atoms with Gasteiger partial charge in [-0.15, -0.1) is 0 Å². The minimum atomic E-state index is -1.35. The summed E-state index contributed by atoms with van der Waals surface area (Å²) in [4.78, 5) is 0. The molecule has 0 saturated carbocycles. The molecule has 0 atom stereocenters. The SMILES string of the molecule is CN([SiH](C)C)[Si](C)(C)c1ccccc1. The summed E-state index contributed by atoms with van der Waals surface area (Å²) < 4.78 is 2.67. The summed E-state index contributed by atoms with van der Waals surface area (Å²) in [6.45, 7) is 9.68. The van der Waals surface area contributed by atoms with E-state index in [0.29, 0.717) is 0 Å². The molecule has 0 amide bonds. The summed E-state index contributed by atoms with van der Waals surface area (Å²) in [6.07, 6.45) is 0. The Labute approximate surface area is 90.5 Å². The van der Waals surface area contributed by atoms with Gasteiger partial charge in [-0.2, -0.15) is 0 Å². The summed E-state index contributed by atoms with van der Waals surface area (Å²) in [5.74, 6) is 0. The Bertz CT molecular complexity index is 283. The zero-order chi connectivity index (χ0) is 10.8. The van der Waals surface area contributed by atoms with Crippen molar-refractivity contribution in [2.24, 2.45) is 0 Å². The fourth-order valence-corrected chi connectivity index (χ4v) is 8.72. The van der Waals surface area contributed by atoms with Gasteiger partial charge in [-0.1, -0.05) is 56.5 Å². The second-order valence-corrected chi connectivity index (χ2v) is 12.5.